The highest BCUT2D eigenvalue weighted by atomic mass is 32.2. The molecule has 3 aromatic rings. The number of anilines is 2. The quantitative estimate of drug-likeness (QED) is 0.593. The normalized spacial score (nSPS) is 11.9. The smallest absolute Gasteiger partial charge is 0.351 e. The van der Waals surface area contributed by atoms with Gasteiger partial charge in [-0.1, -0.05) is 42.5 Å². The van der Waals surface area contributed by atoms with E-state index in [0.29, 0.717) is 30.2 Å². The first-order valence-electron chi connectivity index (χ1n) is 9.02. The Morgan fingerprint density at radius 3 is 2.30 bits per heavy atom. The Kier molecular flexibility index (Phi) is 6.25. The molecule has 158 valence electrons. The number of nitrogens with zero attached hydrogens (tertiary/aromatic N) is 3. The van der Waals surface area contributed by atoms with Gasteiger partial charge in [0.1, 0.15) is 0 Å². The lowest BCUT2D eigenvalue weighted by molar-refractivity contribution is -0.0429. The summed E-state index contributed by atoms with van der Waals surface area (Å²) in [5.74, 6) is 0.652. The summed E-state index contributed by atoms with van der Waals surface area (Å²) in [6.07, 6.45) is 0. The minimum absolute atomic E-state index is 0.213. The fraction of sp³-hybridized carbons (Fsp3) is 0.200. The van der Waals surface area contributed by atoms with Crippen molar-refractivity contribution >= 4 is 21.5 Å². The van der Waals surface area contributed by atoms with Crippen LogP contribution >= 0.6 is 0 Å². The van der Waals surface area contributed by atoms with Crippen molar-refractivity contribution in [2.45, 2.75) is 19.0 Å². The van der Waals surface area contributed by atoms with Crippen LogP contribution in [0, 0.1) is 0 Å². The number of alkyl halides is 3. The van der Waals surface area contributed by atoms with E-state index in [9.17, 15) is 21.6 Å². The first-order chi connectivity index (χ1) is 14.2. The first-order valence-corrected chi connectivity index (χ1v) is 10.5. The molecule has 0 aliphatic rings. The maximum atomic E-state index is 12.6. The Morgan fingerprint density at radius 2 is 1.70 bits per heavy atom. The lowest BCUT2D eigenvalue weighted by Gasteiger charge is -2.21. The summed E-state index contributed by atoms with van der Waals surface area (Å²) < 4.78 is 61.9. The predicted molar refractivity (Wildman–Crippen MR) is 109 cm³/mol. The van der Waals surface area contributed by atoms with Gasteiger partial charge < -0.3 is 4.90 Å². The highest BCUT2D eigenvalue weighted by Gasteiger charge is 2.46. The highest BCUT2D eigenvalue weighted by Crippen LogP contribution is 2.27. The molecule has 1 aromatic heterocycles. The van der Waals surface area contributed by atoms with Gasteiger partial charge in [-0.3, -0.25) is 4.72 Å². The summed E-state index contributed by atoms with van der Waals surface area (Å²) in [6.45, 7) is 3.35. The lowest BCUT2D eigenvalue weighted by atomic mass is 10.1. The van der Waals surface area contributed by atoms with Gasteiger partial charge in [0.05, 0.1) is 5.69 Å². The molecule has 1 N–H and O–H groups in total. The van der Waals surface area contributed by atoms with Gasteiger partial charge in [0.2, 0.25) is 0 Å². The van der Waals surface area contributed by atoms with Crippen molar-refractivity contribution in [3.63, 3.8) is 0 Å². The molecule has 0 radical (unpaired) electrons. The second-order valence-electron chi connectivity index (χ2n) is 6.41. The van der Waals surface area contributed by atoms with Crippen LogP contribution in [-0.2, 0) is 16.6 Å². The molecule has 0 atom stereocenters. The molecule has 10 heteroatoms. The molecular formula is C20H19F3N4O2S. The zero-order valence-corrected chi connectivity index (χ0v) is 16.8. The maximum absolute atomic E-state index is 12.6. The van der Waals surface area contributed by atoms with E-state index in [-0.39, 0.29) is 5.69 Å². The average molecular weight is 436 g/mol. The third-order valence-corrected chi connectivity index (χ3v) is 5.40. The van der Waals surface area contributed by atoms with Gasteiger partial charge in [0.25, 0.3) is 0 Å². The molecule has 0 bridgehead atoms. The second kappa shape index (κ2) is 8.70. The van der Waals surface area contributed by atoms with Crippen molar-refractivity contribution in [2.24, 2.45) is 0 Å². The summed E-state index contributed by atoms with van der Waals surface area (Å²) in [4.78, 5) is 2.03. The van der Waals surface area contributed by atoms with E-state index in [4.69, 9.17) is 0 Å². The fourth-order valence-electron chi connectivity index (χ4n) is 2.76. The largest absolute Gasteiger partial charge is 0.516 e. The van der Waals surface area contributed by atoms with Crippen molar-refractivity contribution < 1.29 is 21.6 Å². The molecule has 0 unspecified atom stereocenters. The molecule has 2 aromatic carbocycles. The number of hydrogen-bond donors (Lipinski definition) is 1. The van der Waals surface area contributed by atoms with Gasteiger partial charge in [-0.2, -0.15) is 21.6 Å². The molecule has 30 heavy (non-hydrogen) atoms. The second-order valence-corrected chi connectivity index (χ2v) is 8.08. The molecule has 0 saturated carbocycles. The molecule has 0 aliphatic carbocycles. The van der Waals surface area contributed by atoms with Gasteiger partial charge >= 0.3 is 15.5 Å². The molecular weight excluding hydrogens is 417 g/mol. The SMILES string of the molecule is CCN(Cc1ccccc1)c1ccc(-c2cccc(NS(=O)(=O)C(F)(F)F)c2)nn1. The molecule has 0 spiro atoms. The van der Waals surface area contributed by atoms with Gasteiger partial charge in [0, 0.05) is 24.3 Å². The van der Waals surface area contributed by atoms with Crippen LogP contribution in [0.15, 0.2) is 66.7 Å². The van der Waals surface area contributed by atoms with Crippen molar-refractivity contribution in [1.29, 1.82) is 0 Å². The number of sulfonamides is 1. The summed E-state index contributed by atoms with van der Waals surface area (Å²) in [6, 6.07) is 18.9. The van der Waals surface area contributed by atoms with Crippen LogP contribution in [0.3, 0.4) is 0 Å². The zero-order valence-electron chi connectivity index (χ0n) is 16.0. The summed E-state index contributed by atoms with van der Waals surface area (Å²) >= 11 is 0. The molecule has 0 amide bonds. The number of rotatable bonds is 7. The Balaban J connectivity index is 1.79. The van der Waals surface area contributed by atoms with Gasteiger partial charge in [-0.05, 0) is 36.8 Å². The monoisotopic (exact) mass is 436 g/mol. The van der Waals surface area contributed by atoms with Crippen LogP contribution in [0.2, 0.25) is 0 Å². The predicted octanol–water partition coefficient (Wildman–Crippen LogP) is 4.43. The standard InChI is InChI=1S/C20H19F3N4O2S/c1-2-27(14-15-7-4-3-5-8-15)19-12-11-18(24-25-19)16-9-6-10-17(13-16)26-30(28,29)20(21,22)23/h3-13,26H,2,14H2,1H3. The van der Waals surface area contributed by atoms with E-state index in [1.807, 2.05) is 42.2 Å². The number of aromatic nitrogens is 2. The van der Waals surface area contributed by atoms with Crippen LogP contribution in [0.25, 0.3) is 11.3 Å². The highest BCUT2D eigenvalue weighted by molar-refractivity contribution is 7.93. The molecule has 3 rings (SSSR count). The molecule has 6 nitrogen and oxygen atoms in total. The lowest BCUT2D eigenvalue weighted by Crippen LogP contribution is -2.29. The van der Waals surface area contributed by atoms with Gasteiger partial charge in [-0.15, -0.1) is 10.2 Å². The topological polar surface area (TPSA) is 75.2 Å². The molecule has 1 heterocycles. The van der Waals surface area contributed by atoms with Crippen molar-refractivity contribution in [3.05, 3.63) is 72.3 Å². The van der Waals surface area contributed by atoms with Gasteiger partial charge in [-0.25, -0.2) is 0 Å². The van der Waals surface area contributed by atoms with Crippen molar-refractivity contribution in [3.8, 4) is 11.3 Å². The van der Waals surface area contributed by atoms with E-state index in [1.165, 1.54) is 22.9 Å². The van der Waals surface area contributed by atoms with Gasteiger partial charge in [0.15, 0.2) is 5.82 Å². The van der Waals surface area contributed by atoms with E-state index in [1.54, 1.807) is 18.2 Å². The summed E-state index contributed by atoms with van der Waals surface area (Å²) in [7, 11) is -5.49. The van der Waals surface area contributed by atoms with Crippen LogP contribution in [0.1, 0.15) is 12.5 Å². The number of hydrogen-bond acceptors (Lipinski definition) is 5. The van der Waals surface area contributed by atoms with Crippen LogP contribution in [0.5, 0.6) is 0 Å². The summed E-state index contributed by atoms with van der Waals surface area (Å²) in [5.41, 5.74) is -3.65. The number of benzene rings is 2. The molecule has 0 aliphatic heterocycles. The molecule has 0 saturated heterocycles. The number of nitrogens with one attached hydrogen (secondary N) is 1. The van der Waals surface area contributed by atoms with Crippen molar-refractivity contribution in [1.82, 2.24) is 10.2 Å². The van der Waals surface area contributed by atoms with E-state index in [2.05, 4.69) is 10.2 Å². The summed E-state index contributed by atoms with van der Waals surface area (Å²) in [5, 5.41) is 8.38. The number of halogens is 3. The average Bonchev–Trinajstić information content (AvgIpc) is 2.72. The fourth-order valence-corrected chi connectivity index (χ4v) is 3.31. The Hall–Kier alpha value is -3.14. The van der Waals surface area contributed by atoms with E-state index in [0.717, 1.165) is 5.56 Å². The minimum Gasteiger partial charge on any atom is -0.351 e. The third-order valence-electron chi connectivity index (χ3n) is 4.29. The van der Waals surface area contributed by atoms with E-state index < -0.39 is 15.5 Å². The Labute approximate surface area is 172 Å². The third kappa shape index (κ3) is 5.07. The maximum Gasteiger partial charge on any atom is 0.516 e. The molecule has 0 fully saturated rings. The van der Waals surface area contributed by atoms with Crippen molar-refractivity contribution in [2.75, 3.05) is 16.2 Å². The van der Waals surface area contributed by atoms with Crippen LogP contribution in [0.4, 0.5) is 24.7 Å². The Bertz CT molecular complexity index is 1090. The van der Waals surface area contributed by atoms with Crippen LogP contribution in [-0.4, -0.2) is 30.7 Å². The van der Waals surface area contributed by atoms with Crippen LogP contribution < -0.4 is 9.62 Å². The minimum atomic E-state index is -5.49. The Morgan fingerprint density at radius 1 is 0.967 bits per heavy atom. The van der Waals surface area contributed by atoms with E-state index >= 15 is 0 Å². The zero-order chi connectivity index (χ0) is 21.8. The first kappa shape index (κ1) is 21.6.